The van der Waals surface area contributed by atoms with Gasteiger partial charge in [0.05, 0.1) is 33.9 Å². The normalized spacial score (nSPS) is 20.2. The Hall–Kier alpha value is -2.29. The molecule has 1 atom stereocenters. The number of halogens is 1. The van der Waals surface area contributed by atoms with Crippen LogP contribution in [0.4, 0.5) is 0 Å². The highest BCUT2D eigenvalue weighted by Crippen LogP contribution is 2.39. The molecule has 1 unspecified atom stereocenters. The number of hydrogen-bond acceptors (Lipinski definition) is 7. The van der Waals surface area contributed by atoms with Crippen LogP contribution in [0.15, 0.2) is 18.2 Å². The van der Waals surface area contributed by atoms with Crippen LogP contribution in [0.2, 0.25) is 0 Å². The van der Waals surface area contributed by atoms with Gasteiger partial charge in [0.2, 0.25) is 11.7 Å². The van der Waals surface area contributed by atoms with E-state index in [0.717, 1.165) is 32.8 Å². The maximum Gasteiger partial charge on any atom is 0.253 e. The van der Waals surface area contributed by atoms with Gasteiger partial charge in [0.25, 0.3) is 5.91 Å². The third-order valence-electron chi connectivity index (χ3n) is 5.14. The number of ether oxygens (including phenoxy) is 4. The smallest absolute Gasteiger partial charge is 0.253 e. The minimum atomic E-state index is -0.395. The van der Waals surface area contributed by atoms with Crippen LogP contribution in [-0.2, 0) is 14.3 Å². The van der Waals surface area contributed by atoms with Crippen LogP contribution in [0.25, 0.3) is 6.08 Å². The number of morpholine rings is 1. The van der Waals surface area contributed by atoms with E-state index in [-0.39, 0.29) is 11.3 Å². The summed E-state index contributed by atoms with van der Waals surface area (Å²) in [5.41, 5.74) is 0.686. The maximum absolute atomic E-state index is 12.4. The maximum atomic E-state index is 12.4. The third kappa shape index (κ3) is 6.35. The lowest BCUT2D eigenvalue weighted by Gasteiger charge is -2.26. The number of imide groups is 1. The first-order valence-electron chi connectivity index (χ1n) is 10.2. The van der Waals surface area contributed by atoms with Crippen molar-refractivity contribution >= 4 is 29.5 Å². The lowest BCUT2D eigenvalue weighted by atomic mass is 10.1. The predicted molar refractivity (Wildman–Crippen MR) is 117 cm³/mol. The van der Waals surface area contributed by atoms with Gasteiger partial charge < -0.3 is 18.9 Å². The standard InChI is InChI=1S/C22H28ClN2O6/c1-28-18-13-16(3-4-20(26)25-6-5-17(23)15-21(25)27)14-19(29-2)22(18)31-12-9-24-7-10-30-11-8-24/h3-4,13-15,17H,5-12H2,1-2H3/b4-3+. The fourth-order valence-electron chi connectivity index (χ4n) is 3.41. The molecule has 0 N–H and O–H groups in total. The molecule has 0 aliphatic carbocycles. The van der Waals surface area contributed by atoms with Crippen molar-refractivity contribution in [2.75, 3.05) is 60.2 Å². The number of methoxy groups -OCH3 is 2. The molecule has 169 valence electrons. The van der Waals surface area contributed by atoms with Crippen LogP contribution in [0.3, 0.4) is 0 Å². The number of alkyl halides is 1. The lowest BCUT2D eigenvalue weighted by molar-refractivity contribution is -0.140. The van der Waals surface area contributed by atoms with E-state index in [0.29, 0.717) is 42.4 Å². The number of piperidine rings is 1. The molecule has 1 aromatic carbocycles. The van der Waals surface area contributed by atoms with Crippen LogP contribution < -0.4 is 14.2 Å². The van der Waals surface area contributed by atoms with Gasteiger partial charge in [0.1, 0.15) is 6.61 Å². The van der Waals surface area contributed by atoms with E-state index in [1.54, 1.807) is 32.4 Å². The summed E-state index contributed by atoms with van der Waals surface area (Å²) in [5, 5.41) is -0.329. The first kappa shape index (κ1) is 23.4. The highest BCUT2D eigenvalue weighted by atomic mass is 35.5. The Balaban J connectivity index is 1.66. The summed E-state index contributed by atoms with van der Waals surface area (Å²) in [6, 6.07) is 3.52. The minimum Gasteiger partial charge on any atom is -0.493 e. The monoisotopic (exact) mass is 451 g/mol. The predicted octanol–water partition coefficient (Wildman–Crippen LogP) is 2.00. The zero-order valence-corrected chi connectivity index (χ0v) is 18.6. The number of amides is 2. The van der Waals surface area contributed by atoms with Gasteiger partial charge in [-0.3, -0.25) is 19.4 Å². The Labute approximate surface area is 187 Å². The number of nitrogens with zero attached hydrogens (tertiary/aromatic N) is 2. The number of likely N-dealkylation sites (tertiary alicyclic amines) is 1. The second kappa shape index (κ2) is 11.4. The quantitative estimate of drug-likeness (QED) is 0.442. The van der Waals surface area contributed by atoms with Gasteiger partial charge in [-0.25, -0.2) is 0 Å². The molecule has 1 radical (unpaired) electrons. The van der Waals surface area contributed by atoms with E-state index in [1.807, 2.05) is 0 Å². The third-order valence-corrected chi connectivity index (χ3v) is 5.49. The molecule has 2 fully saturated rings. The Kier molecular flexibility index (Phi) is 8.57. The van der Waals surface area contributed by atoms with E-state index in [4.69, 9.17) is 30.5 Å². The summed E-state index contributed by atoms with van der Waals surface area (Å²) in [7, 11) is 3.10. The molecule has 3 rings (SSSR count). The van der Waals surface area contributed by atoms with Crippen LogP contribution >= 0.6 is 11.6 Å². The summed E-state index contributed by atoms with van der Waals surface area (Å²) < 4.78 is 22.3. The average molecular weight is 452 g/mol. The van der Waals surface area contributed by atoms with E-state index < -0.39 is 5.91 Å². The zero-order chi connectivity index (χ0) is 22.2. The highest BCUT2D eigenvalue weighted by molar-refractivity contribution is 6.24. The fraction of sp³-hybridized carbons (Fsp3) is 0.500. The first-order valence-corrected chi connectivity index (χ1v) is 10.7. The summed E-state index contributed by atoms with van der Waals surface area (Å²) in [6.07, 6.45) is 4.87. The van der Waals surface area contributed by atoms with Crippen molar-refractivity contribution in [3.63, 3.8) is 0 Å². The largest absolute Gasteiger partial charge is 0.493 e. The summed E-state index contributed by atoms with van der Waals surface area (Å²) in [5.74, 6) is 0.742. The average Bonchev–Trinajstić information content (AvgIpc) is 2.78. The van der Waals surface area contributed by atoms with Crippen molar-refractivity contribution < 1.29 is 28.5 Å². The van der Waals surface area contributed by atoms with E-state index in [9.17, 15) is 9.59 Å². The van der Waals surface area contributed by atoms with Gasteiger partial charge in [-0.1, -0.05) is 0 Å². The molecule has 2 aliphatic heterocycles. The number of carbonyl (C=O) groups excluding carboxylic acids is 2. The van der Waals surface area contributed by atoms with Crippen molar-refractivity contribution in [1.29, 1.82) is 0 Å². The van der Waals surface area contributed by atoms with Crippen molar-refractivity contribution in [3.05, 3.63) is 30.2 Å². The van der Waals surface area contributed by atoms with Gasteiger partial charge >= 0.3 is 0 Å². The van der Waals surface area contributed by atoms with Crippen LogP contribution in [0, 0.1) is 6.42 Å². The topological polar surface area (TPSA) is 77.5 Å². The van der Waals surface area contributed by atoms with Crippen molar-refractivity contribution in [2.45, 2.75) is 11.8 Å². The number of hydrogen-bond donors (Lipinski definition) is 0. The molecule has 0 spiro atoms. The molecule has 31 heavy (non-hydrogen) atoms. The molecule has 0 bridgehead atoms. The molecule has 9 heteroatoms. The molecule has 8 nitrogen and oxygen atoms in total. The SMILES string of the molecule is COc1cc(/C=C/C(=O)N2CCC(Cl)[CH]C2=O)cc(OC)c1OCCN1CCOCC1. The van der Waals surface area contributed by atoms with Crippen molar-refractivity contribution in [3.8, 4) is 17.2 Å². The molecular formula is C22H28ClN2O6. The van der Waals surface area contributed by atoms with E-state index >= 15 is 0 Å². The molecule has 0 aromatic heterocycles. The van der Waals surface area contributed by atoms with E-state index in [2.05, 4.69) is 4.90 Å². The molecule has 2 aliphatic rings. The van der Waals surface area contributed by atoms with Gasteiger partial charge in [-0.2, -0.15) is 0 Å². The van der Waals surface area contributed by atoms with Crippen molar-refractivity contribution in [2.24, 2.45) is 0 Å². The zero-order valence-electron chi connectivity index (χ0n) is 17.8. The Morgan fingerprint density at radius 2 is 1.87 bits per heavy atom. The van der Waals surface area contributed by atoms with E-state index in [1.165, 1.54) is 17.4 Å². The number of rotatable bonds is 8. The number of carbonyl (C=O) groups is 2. The van der Waals surface area contributed by atoms with Gasteiger partial charge in [-0.05, 0) is 30.2 Å². The minimum absolute atomic E-state index is 0.301. The lowest BCUT2D eigenvalue weighted by Crippen LogP contribution is -2.42. The van der Waals surface area contributed by atoms with Crippen LogP contribution in [0.5, 0.6) is 17.2 Å². The first-order chi connectivity index (χ1) is 15.0. The van der Waals surface area contributed by atoms with Crippen LogP contribution in [0.1, 0.15) is 12.0 Å². The van der Waals surface area contributed by atoms with Gasteiger partial charge in [0.15, 0.2) is 11.5 Å². The fourth-order valence-corrected chi connectivity index (χ4v) is 3.61. The summed E-state index contributed by atoms with van der Waals surface area (Å²) in [4.78, 5) is 27.8. The molecule has 1 aromatic rings. The molecule has 2 amide bonds. The Morgan fingerprint density at radius 1 is 1.19 bits per heavy atom. The van der Waals surface area contributed by atoms with Gasteiger partial charge in [-0.15, -0.1) is 11.6 Å². The van der Waals surface area contributed by atoms with Crippen molar-refractivity contribution in [1.82, 2.24) is 9.80 Å². The Bertz CT molecular complexity index is 784. The number of benzene rings is 1. The second-order valence-corrected chi connectivity index (χ2v) is 7.75. The molecule has 2 saturated heterocycles. The molecular weight excluding hydrogens is 424 g/mol. The van der Waals surface area contributed by atoms with Crippen LogP contribution in [-0.4, -0.2) is 87.2 Å². The molecule has 0 saturated carbocycles. The Morgan fingerprint density at radius 3 is 2.48 bits per heavy atom. The summed E-state index contributed by atoms with van der Waals surface area (Å²) in [6.45, 7) is 4.80. The summed E-state index contributed by atoms with van der Waals surface area (Å²) >= 11 is 5.94. The second-order valence-electron chi connectivity index (χ2n) is 7.19. The van der Waals surface area contributed by atoms with Gasteiger partial charge in [0, 0.05) is 37.6 Å². The highest BCUT2D eigenvalue weighted by Gasteiger charge is 2.28. The molecule has 2 heterocycles.